The Morgan fingerprint density at radius 1 is 0.645 bits per heavy atom. The molecule has 0 fully saturated rings. The van der Waals surface area contributed by atoms with Gasteiger partial charge in [0.1, 0.15) is 12.4 Å². The summed E-state index contributed by atoms with van der Waals surface area (Å²) in [6, 6.07) is 10.9. The molecule has 1 heterocycles. The number of aromatic nitrogens is 2. The molecule has 0 atom stereocenters. The fraction of sp³-hybridized carbons (Fsp3) is 0.690. The standard InChI is InChI=1S/C29H49N2/c1-3-5-6-7-8-9-10-11-12-13-14-15-16-20-24-31-26-25-30(23-4-2)29(31)27-28-21-18-17-19-22-28/h17-19,21-22,25-26H,3-16,20,23-24,27H2,1-2H3/q+1. The van der Waals surface area contributed by atoms with Gasteiger partial charge in [-0.15, -0.1) is 0 Å². The molecular weight excluding hydrogens is 376 g/mol. The van der Waals surface area contributed by atoms with E-state index in [0.717, 1.165) is 19.5 Å². The second kappa shape index (κ2) is 17.0. The minimum atomic E-state index is 1.03. The van der Waals surface area contributed by atoms with Crippen molar-refractivity contribution in [2.45, 2.75) is 130 Å². The number of hydrogen-bond acceptors (Lipinski definition) is 0. The summed E-state index contributed by atoms with van der Waals surface area (Å²) in [5, 5.41) is 0. The van der Waals surface area contributed by atoms with Crippen molar-refractivity contribution in [2.24, 2.45) is 0 Å². The van der Waals surface area contributed by atoms with Crippen molar-refractivity contribution in [3.63, 3.8) is 0 Å². The number of unbranched alkanes of at least 4 members (excludes halogenated alkanes) is 13. The predicted octanol–water partition coefficient (Wildman–Crippen LogP) is 8.26. The zero-order valence-electron chi connectivity index (χ0n) is 20.7. The Morgan fingerprint density at radius 2 is 1.19 bits per heavy atom. The van der Waals surface area contributed by atoms with Gasteiger partial charge in [-0.25, -0.2) is 9.13 Å². The van der Waals surface area contributed by atoms with Gasteiger partial charge in [0.15, 0.2) is 0 Å². The van der Waals surface area contributed by atoms with Gasteiger partial charge in [0.25, 0.3) is 5.82 Å². The molecule has 0 radical (unpaired) electrons. The summed E-state index contributed by atoms with van der Waals surface area (Å²) >= 11 is 0. The van der Waals surface area contributed by atoms with Crippen LogP contribution in [-0.2, 0) is 19.5 Å². The van der Waals surface area contributed by atoms with Crippen LogP contribution in [-0.4, -0.2) is 4.57 Å². The summed E-state index contributed by atoms with van der Waals surface area (Å²) < 4.78 is 4.96. The minimum Gasteiger partial charge on any atom is -0.234 e. The van der Waals surface area contributed by atoms with Crippen LogP contribution in [0.1, 0.15) is 122 Å². The van der Waals surface area contributed by atoms with Gasteiger partial charge in [0, 0.05) is 0 Å². The van der Waals surface area contributed by atoms with Gasteiger partial charge in [-0.2, -0.15) is 0 Å². The molecule has 0 aliphatic heterocycles. The van der Waals surface area contributed by atoms with Gasteiger partial charge >= 0.3 is 0 Å². The summed E-state index contributed by atoms with van der Waals surface area (Å²) in [4.78, 5) is 0. The molecule has 174 valence electrons. The van der Waals surface area contributed by atoms with Crippen molar-refractivity contribution in [3.05, 3.63) is 54.1 Å². The highest BCUT2D eigenvalue weighted by Crippen LogP contribution is 2.13. The fourth-order valence-corrected chi connectivity index (χ4v) is 4.60. The lowest BCUT2D eigenvalue weighted by Crippen LogP contribution is -2.37. The zero-order chi connectivity index (χ0) is 22.0. The van der Waals surface area contributed by atoms with E-state index in [2.05, 4.69) is 65.7 Å². The van der Waals surface area contributed by atoms with Crippen molar-refractivity contribution in [1.29, 1.82) is 0 Å². The van der Waals surface area contributed by atoms with E-state index in [1.165, 1.54) is 108 Å². The number of nitrogens with zero attached hydrogens (tertiary/aromatic N) is 2. The highest BCUT2D eigenvalue weighted by Gasteiger charge is 2.16. The van der Waals surface area contributed by atoms with E-state index in [-0.39, 0.29) is 0 Å². The van der Waals surface area contributed by atoms with E-state index in [9.17, 15) is 0 Å². The SMILES string of the molecule is CCCCCCCCCCCCCCCC[n+]1ccn(CCC)c1Cc1ccccc1. The average Bonchev–Trinajstić information content (AvgIpc) is 3.16. The van der Waals surface area contributed by atoms with Crippen LogP contribution in [0.15, 0.2) is 42.7 Å². The first-order valence-electron chi connectivity index (χ1n) is 13.5. The molecular formula is C29H49N2+. The van der Waals surface area contributed by atoms with Gasteiger partial charge in [-0.05, 0) is 24.8 Å². The third-order valence-electron chi connectivity index (χ3n) is 6.51. The van der Waals surface area contributed by atoms with Gasteiger partial charge in [0.2, 0.25) is 0 Å². The maximum atomic E-state index is 2.50. The van der Waals surface area contributed by atoms with Crippen molar-refractivity contribution in [1.82, 2.24) is 4.57 Å². The van der Waals surface area contributed by atoms with E-state index in [1.807, 2.05) is 0 Å². The molecule has 1 aromatic carbocycles. The van der Waals surface area contributed by atoms with Crippen molar-refractivity contribution >= 4 is 0 Å². The second-order valence-corrected chi connectivity index (χ2v) is 9.36. The van der Waals surface area contributed by atoms with E-state index in [4.69, 9.17) is 0 Å². The normalized spacial score (nSPS) is 11.3. The summed E-state index contributed by atoms with van der Waals surface area (Å²) in [6.45, 7) is 6.85. The Hall–Kier alpha value is -1.57. The minimum absolute atomic E-state index is 1.03. The van der Waals surface area contributed by atoms with E-state index in [1.54, 1.807) is 0 Å². The molecule has 0 amide bonds. The number of hydrogen-bond donors (Lipinski definition) is 0. The molecule has 0 N–H and O–H groups in total. The van der Waals surface area contributed by atoms with Crippen molar-refractivity contribution < 1.29 is 4.57 Å². The molecule has 2 heteroatoms. The quantitative estimate of drug-likeness (QED) is 0.158. The maximum absolute atomic E-state index is 2.50. The molecule has 2 nitrogen and oxygen atoms in total. The number of aryl methyl sites for hydroxylation is 2. The van der Waals surface area contributed by atoms with E-state index >= 15 is 0 Å². The second-order valence-electron chi connectivity index (χ2n) is 9.36. The van der Waals surface area contributed by atoms with E-state index < -0.39 is 0 Å². The molecule has 31 heavy (non-hydrogen) atoms. The van der Waals surface area contributed by atoms with Crippen LogP contribution in [0, 0.1) is 0 Å². The molecule has 0 saturated carbocycles. The largest absolute Gasteiger partial charge is 0.260 e. The zero-order valence-corrected chi connectivity index (χ0v) is 20.7. The monoisotopic (exact) mass is 425 g/mol. The topological polar surface area (TPSA) is 8.81 Å². The molecule has 0 saturated heterocycles. The number of imidazole rings is 1. The third-order valence-corrected chi connectivity index (χ3v) is 6.51. The third kappa shape index (κ3) is 11.0. The maximum Gasteiger partial charge on any atom is 0.260 e. The van der Waals surface area contributed by atoms with Crippen molar-refractivity contribution in [2.75, 3.05) is 0 Å². The Bertz CT molecular complexity index is 659. The molecule has 0 unspecified atom stereocenters. The van der Waals surface area contributed by atoms with Crippen LogP contribution >= 0.6 is 0 Å². The first kappa shape index (κ1) is 25.7. The smallest absolute Gasteiger partial charge is 0.234 e. The molecule has 1 aromatic heterocycles. The Morgan fingerprint density at radius 3 is 1.74 bits per heavy atom. The highest BCUT2D eigenvalue weighted by atomic mass is 15.1. The molecule has 2 aromatic rings. The van der Waals surface area contributed by atoms with Crippen LogP contribution in [0.4, 0.5) is 0 Å². The van der Waals surface area contributed by atoms with Crippen LogP contribution in [0.3, 0.4) is 0 Å². The Kier molecular flexibility index (Phi) is 14.1. The van der Waals surface area contributed by atoms with Crippen LogP contribution in [0.2, 0.25) is 0 Å². The van der Waals surface area contributed by atoms with Gasteiger partial charge in [0.05, 0.1) is 19.5 Å². The number of benzene rings is 1. The van der Waals surface area contributed by atoms with Gasteiger partial charge in [-0.1, -0.05) is 121 Å². The Balaban J connectivity index is 1.56. The van der Waals surface area contributed by atoms with Crippen LogP contribution < -0.4 is 4.57 Å². The lowest BCUT2D eigenvalue weighted by Gasteiger charge is -2.06. The lowest BCUT2D eigenvalue weighted by molar-refractivity contribution is -0.703. The predicted molar refractivity (Wildman–Crippen MR) is 134 cm³/mol. The summed E-state index contributed by atoms with van der Waals surface area (Å²) in [5.41, 5.74) is 1.41. The summed E-state index contributed by atoms with van der Waals surface area (Å²) in [5.74, 6) is 1.46. The Labute approximate surface area is 193 Å². The summed E-state index contributed by atoms with van der Waals surface area (Å²) in [7, 11) is 0. The fourth-order valence-electron chi connectivity index (χ4n) is 4.60. The highest BCUT2D eigenvalue weighted by molar-refractivity contribution is 5.18. The first-order chi connectivity index (χ1) is 15.3. The van der Waals surface area contributed by atoms with Crippen molar-refractivity contribution in [3.8, 4) is 0 Å². The molecule has 0 aliphatic carbocycles. The van der Waals surface area contributed by atoms with E-state index in [0.29, 0.717) is 0 Å². The first-order valence-corrected chi connectivity index (χ1v) is 13.5. The average molecular weight is 426 g/mol. The van der Waals surface area contributed by atoms with Gasteiger partial charge < -0.3 is 0 Å². The number of rotatable bonds is 19. The lowest BCUT2D eigenvalue weighted by atomic mass is 10.0. The summed E-state index contributed by atoms with van der Waals surface area (Å²) in [6.07, 6.45) is 26.7. The molecule has 0 aliphatic rings. The molecule has 2 rings (SSSR count). The molecule has 0 bridgehead atoms. The van der Waals surface area contributed by atoms with Crippen LogP contribution in [0.5, 0.6) is 0 Å². The molecule has 0 spiro atoms. The van der Waals surface area contributed by atoms with Crippen LogP contribution in [0.25, 0.3) is 0 Å². The van der Waals surface area contributed by atoms with Gasteiger partial charge in [-0.3, -0.25) is 0 Å².